The van der Waals surface area contributed by atoms with Crippen molar-refractivity contribution < 1.29 is 8.78 Å². The summed E-state index contributed by atoms with van der Waals surface area (Å²) in [7, 11) is 0. The van der Waals surface area contributed by atoms with Crippen molar-refractivity contribution in [3.63, 3.8) is 0 Å². The summed E-state index contributed by atoms with van der Waals surface area (Å²) in [5.41, 5.74) is 1.30. The molecule has 4 rings (SSSR count). The number of benzene rings is 2. The van der Waals surface area contributed by atoms with Crippen LogP contribution in [0.1, 0.15) is 94.9 Å². The molecule has 1 atom stereocenters. The van der Waals surface area contributed by atoms with Gasteiger partial charge >= 0.3 is 0 Å². The van der Waals surface area contributed by atoms with Crippen LogP contribution in [-0.4, -0.2) is 17.0 Å². The van der Waals surface area contributed by atoms with Crippen LogP contribution in [0.5, 0.6) is 0 Å². The largest absolute Gasteiger partial charge is 0.294 e. The van der Waals surface area contributed by atoms with Crippen molar-refractivity contribution in [1.29, 1.82) is 5.26 Å². The van der Waals surface area contributed by atoms with Gasteiger partial charge in [0.15, 0.2) is 0 Å². The van der Waals surface area contributed by atoms with Crippen LogP contribution in [-0.2, 0) is 24.3 Å². The second-order valence-corrected chi connectivity index (χ2v) is 10.3. The van der Waals surface area contributed by atoms with E-state index in [4.69, 9.17) is 5.26 Å². The van der Waals surface area contributed by atoms with Gasteiger partial charge in [0, 0.05) is 25.6 Å². The average Bonchev–Trinajstić information content (AvgIpc) is 2.78. The van der Waals surface area contributed by atoms with Crippen molar-refractivity contribution in [2.45, 2.75) is 109 Å². The molecular weight excluding hydrogens is 426 g/mol. The van der Waals surface area contributed by atoms with E-state index in [1.165, 1.54) is 12.5 Å². The Bertz CT molecular complexity index is 917. The predicted molar refractivity (Wildman–Crippen MR) is 136 cm³/mol. The molecule has 0 aliphatic heterocycles. The minimum Gasteiger partial charge on any atom is -0.294 e. The third kappa shape index (κ3) is 5.87. The minimum atomic E-state index is -1.25. The zero-order valence-electron chi connectivity index (χ0n) is 21.3. The smallest absolute Gasteiger partial charge is 0.136 e. The molecule has 0 amide bonds. The maximum absolute atomic E-state index is 15.6. The number of rotatable bonds is 9. The van der Waals surface area contributed by atoms with Crippen LogP contribution >= 0.6 is 0 Å². The monoisotopic (exact) mass is 466 g/mol. The third-order valence-corrected chi connectivity index (χ3v) is 7.68. The first-order chi connectivity index (χ1) is 16.2. The summed E-state index contributed by atoms with van der Waals surface area (Å²) < 4.78 is 31.1. The number of hydrogen-bond acceptors (Lipinski definition) is 2. The molecule has 1 unspecified atom stereocenters. The molecule has 0 spiro atoms. The fraction of sp³-hybridized carbons (Fsp3) is 0.567. The molecule has 2 aromatic rings. The maximum Gasteiger partial charge on any atom is 0.136 e. The Morgan fingerprint density at radius 1 is 0.882 bits per heavy atom. The zero-order chi connectivity index (χ0) is 24.8. The molecule has 34 heavy (non-hydrogen) atoms. The fourth-order valence-corrected chi connectivity index (χ4v) is 5.37. The van der Waals surface area contributed by atoms with E-state index >= 15 is 8.78 Å². The molecule has 0 N–H and O–H groups in total. The molecule has 2 saturated carbocycles. The van der Waals surface area contributed by atoms with Gasteiger partial charge in [-0.15, -0.1) is 0 Å². The lowest BCUT2D eigenvalue weighted by Crippen LogP contribution is -2.39. The van der Waals surface area contributed by atoms with Crippen molar-refractivity contribution in [3.05, 3.63) is 70.8 Å². The SMILES string of the molecule is CC#N.CC(C)N(Cc1ccccc1)C(C)CCc1c(C2(F)CCC2)cccc1C1(F)CCC1. The maximum atomic E-state index is 15.6. The third-order valence-electron chi connectivity index (χ3n) is 7.68. The molecule has 0 saturated heterocycles. The minimum absolute atomic E-state index is 0.329. The second-order valence-electron chi connectivity index (χ2n) is 10.3. The molecule has 0 bridgehead atoms. The van der Waals surface area contributed by atoms with Crippen molar-refractivity contribution in [2.75, 3.05) is 0 Å². The molecule has 0 heterocycles. The van der Waals surface area contributed by atoms with Crippen LogP contribution in [0.4, 0.5) is 8.78 Å². The Labute approximate surface area is 205 Å². The van der Waals surface area contributed by atoms with Crippen molar-refractivity contribution in [1.82, 2.24) is 4.90 Å². The topological polar surface area (TPSA) is 27.0 Å². The number of nitriles is 1. The molecule has 4 heteroatoms. The highest BCUT2D eigenvalue weighted by Gasteiger charge is 2.45. The van der Waals surface area contributed by atoms with Crippen molar-refractivity contribution in [2.24, 2.45) is 0 Å². The Morgan fingerprint density at radius 3 is 1.79 bits per heavy atom. The molecule has 0 radical (unpaired) electrons. The van der Waals surface area contributed by atoms with Gasteiger partial charge in [-0.25, -0.2) is 8.78 Å². The van der Waals surface area contributed by atoms with E-state index in [0.717, 1.165) is 48.9 Å². The van der Waals surface area contributed by atoms with Gasteiger partial charge in [0.05, 0.1) is 6.07 Å². The summed E-state index contributed by atoms with van der Waals surface area (Å²) in [5.74, 6) is 0. The molecule has 2 aromatic carbocycles. The summed E-state index contributed by atoms with van der Waals surface area (Å²) in [4.78, 5) is 2.50. The van der Waals surface area contributed by atoms with Crippen LogP contribution in [0.25, 0.3) is 0 Å². The Balaban J connectivity index is 0.00000103. The second kappa shape index (κ2) is 11.5. The van der Waals surface area contributed by atoms with E-state index in [1.807, 2.05) is 24.3 Å². The molecular formula is C30H40F2N2. The Morgan fingerprint density at radius 2 is 1.38 bits per heavy atom. The summed E-state index contributed by atoms with van der Waals surface area (Å²) in [6.07, 6.45) is 5.79. The summed E-state index contributed by atoms with van der Waals surface area (Å²) in [6.45, 7) is 9.05. The highest BCUT2D eigenvalue weighted by Crippen LogP contribution is 2.51. The standard InChI is InChI=1S/C28H37F2N.C2H3N/c1-21(2)31(20-23-10-5-4-6-11-23)22(3)14-15-24-25(27(29)16-8-17-27)12-7-13-26(24)28(30)18-9-19-28;1-2-3/h4-7,10-13,21-22H,8-9,14-20H2,1-3H3;1H3. The summed E-state index contributed by atoms with van der Waals surface area (Å²) >= 11 is 0. The highest BCUT2D eigenvalue weighted by molar-refractivity contribution is 5.44. The van der Waals surface area contributed by atoms with Crippen LogP contribution in [0.3, 0.4) is 0 Å². The lowest BCUT2D eigenvalue weighted by atomic mass is 9.69. The van der Waals surface area contributed by atoms with Gasteiger partial charge < -0.3 is 0 Å². The molecule has 2 fully saturated rings. The number of halogens is 2. The van der Waals surface area contributed by atoms with Gasteiger partial charge in [-0.05, 0) is 94.4 Å². The number of hydrogen-bond donors (Lipinski definition) is 0. The first kappa shape index (κ1) is 26.4. The number of nitrogens with zero attached hydrogens (tertiary/aromatic N) is 2. The van der Waals surface area contributed by atoms with Gasteiger partial charge in [-0.3, -0.25) is 4.90 Å². The van der Waals surface area contributed by atoms with E-state index in [2.05, 4.69) is 49.9 Å². The Hall–Kier alpha value is -2.25. The molecule has 2 aliphatic rings. The highest BCUT2D eigenvalue weighted by atomic mass is 19.1. The first-order valence-electron chi connectivity index (χ1n) is 12.9. The van der Waals surface area contributed by atoms with E-state index < -0.39 is 11.3 Å². The molecule has 184 valence electrons. The van der Waals surface area contributed by atoms with Crippen LogP contribution in [0, 0.1) is 11.3 Å². The van der Waals surface area contributed by atoms with E-state index in [9.17, 15) is 0 Å². The van der Waals surface area contributed by atoms with Crippen LogP contribution < -0.4 is 0 Å². The van der Waals surface area contributed by atoms with Crippen LogP contribution in [0.15, 0.2) is 48.5 Å². The lowest BCUT2D eigenvalue weighted by Gasteiger charge is -2.41. The van der Waals surface area contributed by atoms with Gasteiger partial charge in [0.1, 0.15) is 11.3 Å². The van der Waals surface area contributed by atoms with Gasteiger partial charge in [0.25, 0.3) is 0 Å². The van der Waals surface area contributed by atoms with Crippen molar-refractivity contribution in [3.8, 4) is 6.07 Å². The summed E-state index contributed by atoms with van der Waals surface area (Å²) in [5, 5.41) is 7.32. The lowest BCUT2D eigenvalue weighted by molar-refractivity contribution is 0.0510. The molecule has 2 aliphatic carbocycles. The van der Waals surface area contributed by atoms with Crippen molar-refractivity contribution >= 4 is 0 Å². The van der Waals surface area contributed by atoms with E-state index in [1.54, 1.807) is 6.07 Å². The first-order valence-corrected chi connectivity index (χ1v) is 12.9. The molecule has 2 nitrogen and oxygen atoms in total. The average molecular weight is 467 g/mol. The predicted octanol–water partition coefficient (Wildman–Crippen LogP) is 8.15. The zero-order valence-corrected chi connectivity index (χ0v) is 21.3. The fourth-order valence-electron chi connectivity index (χ4n) is 5.37. The molecule has 0 aromatic heterocycles. The normalized spacial score (nSPS) is 18.8. The van der Waals surface area contributed by atoms with E-state index in [-0.39, 0.29) is 0 Å². The van der Waals surface area contributed by atoms with Gasteiger partial charge in [0.2, 0.25) is 0 Å². The van der Waals surface area contributed by atoms with Crippen LogP contribution in [0.2, 0.25) is 0 Å². The Kier molecular flexibility index (Phi) is 8.88. The number of alkyl halides is 2. The van der Waals surface area contributed by atoms with Gasteiger partial charge in [-0.1, -0.05) is 48.5 Å². The van der Waals surface area contributed by atoms with Gasteiger partial charge in [-0.2, -0.15) is 5.26 Å². The van der Waals surface area contributed by atoms with E-state index in [0.29, 0.717) is 37.8 Å². The summed E-state index contributed by atoms with van der Waals surface area (Å²) in [6, 6.07) is 18.8. The quantitative estimate of drug-likeness (QED) is 0.373.